The van der Waals surface area contributed by atoms with Crippen molar-refractivity contribution in [3.8, 4) is 0 Å². The quantitative estimate of drug-likeness (QED) is 0.887. The molecule has 0 bridgehead atoms. The lowest BCUT2D eigenvalue weighted by Crippen LogP contribution is -2.31. The van der Waals surface area contributed by atoms with Crippen molar-refractivity contribution in [1.29, 1.82) is 0 Å². The molecule has 0 aliphatic rings. The van der Waals surface area contributed by atoms with Gasteiger partial charge in [-0.2, -0.15) is 0 Å². The number of rotatable bonds is 4. The third kappa shape index (κ3) is 4.20. The molecule has 0 aliphatic heterocycles. The Morgan fingerprint density at radius 3 is 2.38 bits per heavy atom. The van der Waals surface area contributed by atoms with Crippen LogP contribution in [0.1, 0.15) is 12.5 Å². The average Bonchev–Trinajstić information content (AvgIpc) is 2.45. The normalized spacial score (nSPS) is 11.8. The van der Waals surface area contributed by atoms with Gasteiger partial charge in [0.05, 0.1) is 0 Å². The highest BCUT2D eigenvalue weighted by atomic mass is 35.5. The summed E-state index contributed by atoms with van der Waals surface area (Å²) in [6, 6.07) is 11.1. The number of hydrogen-bond acceptors (Lipinski definition) is 2. The molecular weight excluding hydrogens is 291 g/mol. The Bertz CT molecular complexity index is 643. The summed E-state index contributed by atoms with van der Waals surface area (Å²) < 4.78 is 13.5. The van der Waals surface area contributed by atoms with Crippen molar-refractivity contribution in [1.82, 2.24) is 0 Å². The smallest absolute Gasteiger partial charge is 0.246 e. The minimum absolute atomic E-state index is 0.210. The average molecular weight is 307 g/mol. The van der Waals surface area contributed by atoms with Crippen molar-refractivity contribution in [3.63, 3.8) is 0 Å². The predicted octanol–water partition coefficient (Wildman–Crippen LogP) is 4.23. The number of carbonyl (C=O) groups excluding carboxylic acids is 1. The lowest BCUT2D eigenvalue weighted by atomic mass is 10.2. The third-order valence-electron chi connectivity index (χ3n) is 3.06. The van der Waals surface area contributed by atoms with Crippen molar-refractivity contribution >= 4 is 28.9 Å². The molecule has 1 atom stereocenters. The van der Waals surface area contributed by atoms with Gasteiger partial charge in [0.15, 0.2) is 0 Å². The fraction of sp³-hybridized carbons (Fsp3) is 0.188. The van der Waals surface area contributed by atoms with Crippen molar-refractivity contribution in [2.45, 2.75) is 19.9 Å². The molecular formula is C16H16ClFN2O. The molecule has 0 saturated carbocycles. The second kappa shape index (κ2) is 6.59. The Morgan fingerprint density at radius 1 is 1.14 bits per heavy atom. The molecule has 0 unspecified atom stereocenters. The molecule has 0 radical (unpaired) electrons. The second-order valence-corrected chi connectivity index (χ2v) is 5.26. The van der Waals surface area contributed by atoms with E-state index in [1.54, 1.807) is 50.2 Å². The van der Waals surface area contributed by atoms with Crippen LogP contribution < -0.4 is 10.6 Å². The molecule has 3 nitrogen and oxygen atoms in total. The van der Waals surface area contributed by atoms with E-state index in [0.29, 0.717) is 22.0 Å². The number of anilines is 2. The van der Waals surface area contributed by atoms with E-state index in [9.17, 15) is 9.18 Å². The summed E-state index contributed by atoms with van der Waals surface area (Å²) in [5.74, 6) is -0.511. The topological polar surface area (TPSA) is 41.1 Å². The Hall–Kier alpha value is -2.07. The molecule has 2 rings (SSSR count). The summed E-state index contributed by atoms with van der Waals surface area (Å²) in [6.07, 6.45) is 0. The number of aryl methyl sites for hydroxylation is 1. The van der Waals surface area contributed by atoms with Crippen LogP contribution in [0.15, 0.2) is 42.5 Å². The first-order valence-corrected chi connectivity index (χ1v) is 6.92. The van der Waals surface area contributed by atoms with Gasteiger partial charge in [0.2, 0.25) is 5.91 Å². The van der Waals surface area contributed by atoms with Gasteiger partial charge >= 0.3 is 0 Å². The number of nitrogens with one attached hydrogen (secondary N) is 2. The van der Waals surface area contributed by atoms with E-state index < -0.39 is 6.04 Å². The molecule has 2 N–H and O–H groups in total. The number of halogens is 2. The zero-order valence-corrected chi connectivity index (χ0v) is 12.5. The molecule has 0 fully saturated rings. The zero-order chi connectivity index (χ0) is 15.4. The van der Waals surface area contributed by atoms with Gasteiger partial charge in [-0.05, 0) is 55.8 Å². The van der Waals surface area contributed by atoms with E-state index in [1.165, 1.54) is 6.07 Å². The summed E-state index contributed by atoms with van der Waals surface area (Å²) in [5, 5.41) is 6.33. The second-order valence-electron chi connectivity index (χ2n) is 4.83. The number of carbonyl (C=O) groups is 1. The fourth-order valence-corrected chi connectivity index (χ4v) is 1.91. The highest BCUT2D eigenvalue weighted by Crippen LogP contribution is 2.16. The van der Waals surface area contributed by atoms with Gasteiger partial charge in [-0.1, -0.05) is 17.7 Å². The fourth-order valence-electron chi connectivity index (χ4n) is 1.78. The largest absolute Gasteiger partial charge is 0.374 e. The molecule has 0 aromatic heterocycles. The molecule has 0 saturated heterocycles. The van der Waals surface area contributed by atoms with Crippen molar-refractivity contribution < 1.29 is 9.18 Å². The maximum Gasteiger partial charge on any atom is 0.246 e. The van der Waals surface area contributed by atoms with Crippen LogP contribution in [0, 0.1) is 12.7 Å². The minimum atomic E-state index is -0.497. The first kappa shape index (κ1) is 15.3. The van der Waals surface area contributed by atoms with Gasteiger partial charge in [-0.3, -0.25) is 4.79 Å². The van der Waals surface area contributed by atoms with Crippen molar-refractivity contribution in [3.05, 3.63) is 58.9 Å². The van der Waals surface area contributed by atoms with E-state index in [0.717, 1.165) is 0 Å². The summed E-state index contributed by atoms with van der Waals surface area (Å²) >= 11 is 5.79. The molecule has 0 spiro atoms. The summed E-state index contributed by atoms with van der Waals surface area (Å²) in [6.45, 7) is 3.40. The highest BCUT2D eigenvalue weighted by Gasteiger charge is 2.13. The molecule has 5 heteroatoms. The molecule has 0 heterocycles. The summed E-state index contributed by atoms with van der Waals surface area (Å²) in [5.41, 5.74) is 1.80. The number of hydrogen-bond donors (Lipinski definition) is 2. The Labute approximate surface area is 128 Å². The van der Waals surface area contributed by atoms with Gasteiger partial charge in [0, 0.05) is 16.4 Å². The number of benzene rings is 2. The van der Waals surface area contributed by atoms with Crippen LogP contribution >= 0.6 is 11.6 Å². The van der Waals surface area contributed by atoms with E-state index >= 15 is 0 Å². The Kier molecular flexibility index (Phi) is 4.81. The minimum Gasteiger partial charge on any atom is -0.374 e. The number of amides is 1. The van der Waals surface area contributed by atoms with Crippen molar-refractivity contribution in [2.75, 3.05) is 10.6 Å². The summed E-state index contributed by atoms with van der Waals surface area (Å²) in [7, 11) is 0. The molecule has 1 amide bonds. The third-order valence-corrected chi connectivity index (χ3v) is 3.31. The molecule has 2 aromatic rings. The zero-order valence-electron chi connectivity index (χ0n) is 11.8. The van der Waals surface area contributed by atoms with Gasteiger partial charge in [0.1, 0.15) is 11.9 Å². The van der Waals surface area contributed by atoms with Crippen LogP contribution in [0.4, 0.5) is 15.8 Å². The molecule has 110 valence electrons. The monoisotopic (exact) mass is 306 g/mol. The van der Waals surface area contributed by atoms with Crippen LogP contribution in [0.2, 0.25) is 5.02 Å². The van der Waals surface area contributed by atoms with Crippen LogP contribution in [0.25, 0.3) is 0 Å². The first-order valence-electron chi connectivity index (χ1n) is 6.55. The van der Waals surface area contributed by atoms with Gasteiger partial charge in [-0.25, -0.2) is 4.39 Å². The highest BCUT2D eigenvalue weighted by molar-refractivity contribution is 6.30. The SMILES string of the molecule is Cc1ccc(N[C@H](C)C(=O)Nc2ccc(Cl)cc2)cc1F. The Morgan fingerprint density at radius 2 is 1.76 bits per heavy atom. The van der Waals surface area contributed by atoms with Crippen LogP contribution in [-0.4, -0.2) is 11.9 Å². The standard InChI is InChI=1S/C16H16ClFN2O/c1-10-3-6-14(9-15(10)18)19-11(2)16(21)20-13-7-4-12(17)5-8-13/h3-9,11,19H,1-2H3,(H,20,21)/t11-/m1/s1. The van der Waals surface area contributed by atoms with E-state index in [1.807, 2.05) is 0 Å². The maximum atomic E-state index is 13.5. The van der Waals surface area contributed by atoms with Crippen LogP contribution in [0.3, 0.4) is 0 Å². The lowest BCUT2D eigenvalue weighted by Gasteiger charge is -2.15. The van der Waals surface area contributed by atoms with Crippen LogP contribution in [-0.2, 0) is 4.79 Å². The van der Waals surface area contributed by atoms with Gasteiger partial charge in [0.25, 0.3) is 0 Å². The van der Waals surface area contributed by atoms with E-state index in [4.69, 9.17) is 11.6 Å². The lowest BCUT2D eigenvalue weighted by molar-refractivity contribution is -0.116. The first-order chi connectivity index (χ1) is 9.95. The van der Waals surface area contributed by atoms with Gasteiger partial charge < -0.3 is 10.6 Å². The Balaban J connectivity index is 1.98. The molecule has 21 heavy (non-hydrogen) atoms. The van der Waals surface area contributed by atoms with Gasteiger partial charge in [-0.15, -0.1) is 0 Å². The van der Waals surface area contributed by atoms with Crippen LogP contribution in [0.5, 0.6) is 0 Å². The maximum absolute atomic E-state index is 13.5. The summed E-state index contributed by atoms with van der Waals surface area (Å²) in [4.78, 5) is 12.1. The predicted molar refractivity (Wildman–Crippen MR) is 84.3 cm³/mol. The van der Waals surface area contributed by atoms with E-state index in [2.05, 4.69) is 10.6 Å². The molecule has 0 aliphatic carbocycles. The van der Waals surface area contributed by atoms with Crippen molar-refractivity contribution in [2.24, 2.45) is 0 Å². The van der Waals surface area contributed by atoms with E-state index in [-0.39, 0.29) is 11.7 Å². The molecule has 2 aromatic carbocycles.